The van der Waals surface area contributed by atoms with Gasteiger partial charge in [0.05, 0.1) is 0 Å². The maximum Gasteiger partial charge on any atom is 0.251 e. The highest BCUT2D eigenvalue weighted by Gasteiger charge is 2.16. The van der Waals surface area contributed by atoms with Gasteiger partial charge in [-0.1, -0.05) is 30.3 Å². The molecule has 6 nitrogen and oxygen atoms in total. The summed E-state index contributed by atoms with van der Waals surface area (Å²) in [5, 5.41) is 2.90. The first-order valence-corrected chi connectivity index (χ1v) is 9.55. The topological polar surface area (TPSA) is 57.6 Å². The number of carbonyl (C=O) groups excluding carboxylic acids is 1. The van der Waals surface area contributed by atoms with E-state index in [1.165, 1.54) is 16.2 Å². The van der Waals surface area contributed by atoms with Gasteiger partial charge in [0.2, 0.25) is 0 Å². The lowest BCUT2D eigenvalue weighted by Crippen LogP contribution is -2.46. The number of benzene rings is 1. The highest BCUT2D eigenvalue weighted by Crippen LogP contribution is 2.08. The summed E-state index contributed by atoms with van der Waals surface area (Å²) in [6.07, 6.45) is 2.53. The number of nitrogens with one attached hydrogen (secondary N) is 1. The van der Waals surface area contributed by atoms with Gasteiger partial charge in [-0.2, -0.15) is 0 Å². The van der Waals surface area contributed by atoms with Crippen molar-refractivity contribution in [2.24, 2.45) is 7.05 Å². The predicted octanol–water partition coefficient (Wildman–Crippen LogP) is 1.32. The van der Waals surface area contributed by atoms with Crippen molar-refractivity contribution in [1.82, 2.24) is 19.7 Å². The quantitative estimate of drug-likeness (QED) is 0.749. The minimum Gasteiger partial charge on any atom is -0.352 e. The van der Waals surface area contributed by atoms with Gasteiger partial charge in [0.15, 0.2) is 0 Å². The molecular weight excluding hydrogens is 340 g/mol. The molecule has 144 valence electrons. The van der Waals surface area contributed by atoms with Gasteiger partial charge < -0.3 is 14.8 Å². The van der Waals surface area contributed by atoms with E-state index in [4.69, 9.17) is 0 Å². The third kappa shape index (κ3) is 5.77. The van der Waals surface area contributed by atoms with Crippen molar-refractivity contribution in [3.8, 4) is 0 Å². The predicted molar refractivity (Wildman–Crippen MR) is 107 cm³/mol. The van der Waals surface area contributed by atoms with E-state index in [0.717, 1.165) is 45.7 Å². The largest absolute Gasteiger partial charge is 0.352 e. The van der Waals surface area contributed by atoms with Crippen LogP contribution in [0.15, 0.2) is 53.5 Å². The van der Waals surface area contributed by atoms with Crippen molar-refractivity contribution in [2.45, 2.75) is 13.0 Å². The molecule has 1 saturated heterocycles. The number of rotatable bonds is 7. The van der Waals surface area contributed by atoms with E-state index in [9.17, 15) is 9.59 Å². The number of aromatic nitrogens is 1. The number of amides is 1. The Morgan fingerprint density at radius 1 is 1.04 bits per heavy atom. The number of carbonyl (C=O) groups is 1. The molecule has 0 unspecified atom stereocenters. The Hall–Kier alpha value is -2.44. The van der Waals surface area contributed by atoms with Gasteiger partial charge in [0.25, 0.3) is 11.5 Å². The van der Waals surface area contributed by atoms with E-state index in [0.29, 0.717) is 12.1 Å². The Morgan fingerprint density at radius 2 is 1.74 bits per heavy atom. The summed E-state index contributed by atoms with van der Waals surface area (Å²) in [6.45, 7) is 6.91. The fraction of sp³-hybridized carbons (Fsp3) is 0.429. The molecule has 0 aliphatic carbocycles. The average Bonchev–Trinajstić information content (AvgIpc) is 2.69. The van der Waals surface area contributed by atoms with Crippen molar-refractivity contribution in [3.05, 3.63) is 70.1 Å². The highest BCUT2D eigenvalue weighted by molar-refractivity contribution is 5.93. The van der Waals surface area contributed by atoms with Crippen LogP contribution in [-0.2, 0) is 13.6 Å². The monoisotopic (exact) mass is 368 g/mol. The molecule has 6 heteroatoms. The first kappa shape index (κ1) is 19.3. The van der Waals surface area contributed by atoms with Crippen LogP contribution in [-0.4, -0.2) is 59.5 Å². The third-order valence-electron chi connectivity index (χ3n) is 5.02. The van der Waals surface area contributed by atoms with E-state index in [2.05, 4.69) is 45.4 Å². The molecule has 1 aliphatic rings. The molecule has 0 spiro atoms. The van der Waals surface area contributed by atoms with Crippen LogP contribution in [0.2, 0.25) is 0 Å². The Bertz CT molecular complexity index is 795. The van der Waals surface area contributed by atoms with Gasteiger partial charge >= 0.3 is 0 Å². The molecule has 0 radical (unpaired) electrons. The molecule has 1 aliphatic heterocycles. The SMILES string of the molecule is Cn1ccc(C(=O)NCCCN2CCN(Cc3ccccc3)CC2)cc1=O. The standard InChI is InChI=1S/C21H28N4O2/c1-23-11-8-19(16-20(23)26)21(27)22-9-5-10-24-12-14-25(15-13-24)17-18-6-3-2-4-7-18/h2-4,6-8,11,16H,5,9-10,12-15,17H2,1H3,(H,22,27). The second-order valence-corrected chi connectivity index (χ2v) is 7.08. The summed E-state index contributed by atoms with van der Waals surface area (Å²) < 4.78 is 1.45. The molecule has 0 bridgehead atoms. The van der Waals surface area contributed by atoms with E-state index >= 15 is 0 Å². The number of piperazine rings is 1. The highest BCUT2D eigenvalue weighted by atomic mass is 16.2. The third-order valence-corrected chi connectivity index (χ3v) is 5.02. The maximum absolute atomic E-state index is 12.1. The Balaban J connectivity index is 1.33. The van der Waals surface area contributed by atoms with Crippen molar-refractivity contribution in [3.63, 3.8) is 0 Å². The lowest BCUT2D eigenvalue weighted by atomic mass is 10.2. The number of aryl methyl sites for hydroxylation is 1. The molecule has 2 aromatic rings. The molecule has 3 rings (SSSR count). The molecule has 1 N–H and O–H groups in total. The van der Waals surface area contributed by atoms with E-state index in [1.807, 2.05) is 0 Å². The summed E-state index contributed by atoms with van der Waals surface area (Å²) in [7, 11) is 1.67. The normalized spacial score (nSPS) is 15.6. The Labute approximate surface area is 160 Å². The summed E-state index contributed by atoms with van der Waals surface area (Å²) in [4.78, 5) is 28.6. The zero-order valence-electron chi connectivity index (χ0n) is 15.9. The maximum atomic E-state index is 12.1. The van der Waals surface area contributed by atoms with Gasteiger partial charge in [0, 0.05) is 64.1 Å². The number of hydrogen-bond donors (Lipinski definition) is 1. The minimum absolute atomic E-state index is 0.170. The molecule has 27 heavy (non-hydrogen) atoms. The van der Waals surface area contributed by atoms with Crippen LogP contribution in [0.3, 0.4) is 0 Å². The molecule has 1 fully saturated rings. The summed E-state index contributed by atoms with van der Waals surface area (Å²) >= 11 is 0. The van der Waals surface area contributed by atoms with Gasteiger partial charge in [-0.25, -0.2) is 0 Å². The zero-order chi connectivity index (χ0) is 19.1. The smallest absolute Gasteiger partial charge is 0.251 e. The first-order valence-electron chi connectivity index (χ1n) is 9.55. The van der Waals surface area contributed by atoms with Gasteiger partial charge in [-0.15, -0.1) is 0 Å². The summed E-state index contributed by atoms with van der Waals surface area (Å²) in [6, 6.07) is 13.6. The average molecular weight is 368 g/mol. The van der Waals surface area contributed by atoms with E-state index < -0.39 is 0 Å². The van der Waals surface area contributed by atoms with Crippen LogP contribution >= 0.6 is 0 Å². The van der Waals surface area contributed by atoms with Gasteiger partial charge in [-0.3, -0.25) is 14.5 Å². The van der Waals surface area contributed by atoms with Crippen LogP contribution in [0.25, 0.3) is 0 Å². The summed E-state index contributed by atoms with van der Waals surface area (Å²) in [5.74, 6) is -0.180. The second-order valence-electron chi connectivity index (χ2n) is 7.08. The number of pyridine rings is 1. The van der Waals surface area contributed by atoms with Gasteiger partial charge in [-0.05, 0) is 24.6 Å². The fourth-order valence-electron chi connectivity index (χ4n) is 3.31. The van der Waals surface area contributed by atoms with E-state index in [-0.39, 0.29) is 11.5 Å². The van der Waals surface area contributed by atoms with Crippen LogP contribution in [0.1, 0.15) is 22.3 Å². The number of hydrogen-bond acceptors (Lipinski definition) is 4. The molecule has 1 amide bonds. The van der Waals surface area contributed by atoms with Crippen molar-refractivity contribution >= 4 is 5.91 Å². The van der Waals surface area contributed by atoms with Crippen molar-refractivity contribution in [1.29, 1.82) is 0 Å². The molecule has 1 aromatic heterocycles. The van der Waals surface area contributed by atoms with Crippen LogP contribution in [0.4, 0.5) is 0 Å². The van der Waals surface area contributed by atoms with Crippen LogP contribution in [0, 0.1) is 0 Å². The molecular formula is C21H28N4O2. The molecule has 2 heterocycles. The number of nitrogens with zero attached hydrogens (tertiary/aromatic N) is 3. The zero-order valence-corrected chi connectivity index (χ0v) is 15.9. The van der Waals surface area contributed by atoms with Crippen molar-refractivity contribution < 1.29 is 4.79 Å². The van der Waals surface area contributed by atoms with Crippen LogP contribution < -0.4 is 10.9 Å². The van der Waals surface area contributed by atoms with E-state index in [1.54, 1.807) is 19.3 Å². The Kier molecular flexibility index (Phi) is 6.79. The first-order chi connectivity index (χ1) is 13.1. The second kappa shape index (κ2) is 9.48. The van der Waals surface area contributed by atoms with Crippen LogP contribution in [0.5, 0.6) is 0 Å². The molecule has 1 aromatic carbocycles. The summed E-state index contributed by atoms with van der Waals surface area (Å²) in [5.41, 5.74) is 1.62. The van der Waals surface area contributed by atoms with Crippen molar-refractivity contribution in [2.75, 3.05) is 39.3 Å². The lowest BCUT2D eigenvalue weighted by Gasteiger charge is -2.34. The Morgan fingerprint density at radius 3 is 2.44 bits per heavy atom. The molecule has 0 saturated carbocycles. The fourth-order valence-corrected chi connectivity index (χ4v) is 3.31. The lowest BCUT2D eigenvalue weighted by molar-refractivity contribution is 0.0947. The minimum atomic E-state index is -0.180. The molecule has 0 atom stereocenters. The van der Waals surface area contributed by atoms with Gasteiger partial charge in [0.1, 0.15) is 0 Å².